The number of benzene rings is 1. The molecule has 2 heterocycles. The van der Waals surface area contributed by atoms with Crippen molar-refractivity contribution >= 4 is 63.6 Å². The molecule has 118 valence electrons. The Morgan fingerprint density at radius 2 is 2.17 bits per heavy atom. The Bertz CT molecular complexity index is 775. The Morgan fingerprint density at radius 1 is 1.30 bits per heavy atom. The van der Waals surface area contributed by atoms with Crippen LogP contribution in [0.4, 0.5) is 0 Å². The van der Waals surface area contributed by atoms with Crippen LogP contribution in [0, 0.1) is 0 Å². The molecule has 23 heavy (non-hydrogen) atoms. The molecule has 3 rings (SSSR count). The van der Waals surface area contributed by atoms with Crippen LogP contribution in [0.15, 0.2) is 45.9 Å². The number of rotatable bonds is 4. The lowest BCUT2D eigenvalue weighted by Crippen LogP contribution is -2.26. The van der Waals surface area contributed by atoms with E-state index in [-0.39, 0.29) is 11.2 Å². The second-order valence-electron chi connectivity index (χ2n) is 4.70. The minimum atomic E-state index is -0.274. The van der Waals surface area contributed by atoms with Crippen molar-refractivity contribution in [3.05, 3.63) is 56.2 Å². The Hall–Kier alpha value is -1.34. The normalized spacial score (nSPS) is 19.7. The summed E-state index contributed by atoms with van der Waals surface area (Å²) in [4.78, 5) is 13.0. The Labute approximate surface area is 151 Å². The monoisotopic (exact) mass is 383 g/mol. The highest BCUT2D eigenvalue weighted by atomic mass is 35.5. The zero-order valence-corrected chi connectivity index (χ0v) is 14.8. The second-order valence-corrected chi connectivity index (χ2v) is 7.72. The van der Waals surface area contributed by atoms with Crippen LogP contribution in [0.5, 0.6) is 0 Å². The average molecular weight is 384 g/mol. The third-order valence-electron chi connectivity index (χ3n) is 3.07. The smallest absolute Gasteiger partial charge is 0.239 e. The number of carbonyl (C=O) groups excluding carboxylic acids is 1. The van der Waals surface area contributed by atoms with Crippen molar-refractivity contribution in [1.29, 1.82) is 0 Å². The van der Waals surface area contributed by atoms with Gasteiger partial charge < -0.3 is 5.32 Å². The highest BCUT2D eigenvalue weighted by Gasteiger charge is 2.30. The summed E-state index contributed by atoms with van der Waals surface area (Å²) in [7, 11) is 0. The van der Waals surface area contributed by atoms with Gasteiger partial charge in [-0.2, -0.15) is 5.10 Å². The molecule has 1 fully saturated rings. The van der Waals surface area contributed by atoms with Crippen molar-refractivity contribution in [2.75, 3.05) is 0 Å². The Kier molecular flexibility index (Phi) is 5.38. The summed E-state index contributed by atoms with van der Waals surface area (Å²) in [5.74, 6) is -0.0916. The number of nitrogens with one attached hydrogen (secondary N) is 1. The van der Waals surface area contributed by atoms with E-state index in [1.54, 1.807) is 29.7 Å². The van der Waals surface area contributed by atoms with Crippen LogP contribution >= 0.6 is 46.3 Å². The van der Waals surface area contributed by atoms with Crippen molar-refractivity contribution in [3.63, 3.8) is 0 Å². The summed E-state index contributed by atoms with van der Waals surface area (Å²) >= 11 is 15.0. The van der Waals surface area contributed by atoms with Gasteiger partial charge in [0.25, 0.3) is 0 Å². The molecule has 4 nitrogen and oxygen atoms in total. The van der Waals surface area contributed by atoms with Gasteiger partial charge in [0, 0.05) is 14.9 Å². The van der Waals surface area contributed by atoms with Crippen molar-refractivity contribution in [3.8, 4) is 0 Å². The standard InChI is InChI=1S/C15H11Cl2N3OS2/c16-10-4-3-9(12(17)7-10)6-13-14(21)19-15(23-13)20-18-8-11-2-1-5-22-11/h1-5,7-8,13H,6H2,(H,19,20,21)/b18-8-/t13-/m1/s1. The van der Waals surface area contributed by atoms with Crippen LogP contribution in [0.25, 0.3) is 0 Å². The third-order valence-corrected chi connectivity index (χ3v) is 5.54. The number of hydrogen-bond donors (Lipinski definition) is 1. The van der Waals surface area contributed by atoms with Crippen molar-refractivity contribution < 1.29 is 4.79 Å². The highest BCUT2D eigenvalue weighted by molar-refractivity contribution is 8.15. The predicted octanol–water partition coefficient (Wildman–Crippen LogP) is 4.22. The van der Waals surface area contributed by atoms with Crippen molar-refractivity contribution in [1.82, 2.24) is 5.32 Å². The minimum Gasteiger partial charge on any atom is -0.303 e. The SMILES string of the molecule is O=C1N/C(=N\N=C/c2cccs2)S[C@@H]1Cc1ccc(Cl)cc1Cl. The first-order valence-corrected chi connectivity index (χ1v) is 9.19. The molecule has 0 spiro atoms. The van der Waals surface area contributed by atoms with Gasteiger partial charge in [-0.3, -0.25) is 4.79 Å². The molecule has 1 atom stereocenters. The number of thioether (sulfide) groups is 1. The van der Waals surface area contributed by atoms with E-state index in [1.165, 1.54) is 11.8 Å². The first kappa shape index (κ1) is 16.5. The molecule has 0 unspecified atom stereocenters. The molecule has 1 saturated heterocycles. The quantitative estimate of drug-likeness (QED) is 0.634. The first-order valence-electron chi connectivity index (χ1n) is 6.68. The van der Waals surface area contributed by atoms with Gasteiger partial charge >= 0.3 is 0 Å². The maximum Gasteiger partial charge on any atom is 0.239 e. The lowest BCUT2D eigenvalue weighted by molar-refractivity contribution is -0.118. The molecule has 0 bridgehead atoms. The molecule has 8 heteroatoms. The van der Waals surface area contributed by atoms with E-state index in [2.05, 4.69) is 15.5 Å². The van der Waals surface area contributed by atoms with Gasteiger partial charge in [-0.25, -0.2) is 0 Å². The molecular formula is C15H11Cl2N3OS2. The fraction of sp³-hybridized carbons (Fsp3) is 0.133. The van der Waals surface area contributed by atoms with Crippen LogP contribution < -0.4 is 5.32 Å². The van der Waals surface area contributed by atoms with Crippen LogP contribution in [-0.2, 0) is 11.2 Å². The Morgan fingerprint density at radius 3 is 2.91 bits per heavy atom. The molecule has 1 aliphatic heterocycles. The van der Waals surface area contributed by atoms with E-state index in [9.17, 15) is 4.79 Å². The Balaban J connectivity index is 1.65. The number of hydrogen-bond acceptors (Lipinski definition) is 5. The minimum absolute atomic E-state index is 0.0916. The van der Waals surface area contributed by atoms with Crippen LogP contribution in [0.2, 0.25) is 10.0 Å². The van der Waals surface area contributed by atoms with Crippen LogP contribution in [0.1, 0.15) is 10.4 Å². The molecule has 1 aromatic carbocycles. The number of halogens is 2. The fourth-order valence-electron chi connectivity index (χ4n) is 1.98. The molecule has 0 aliphatic carbocycles. The molecule has 0 radical (unpaired) electrons. The molecule has 0 saturated carbocycles. The predicted molar refractivity (Wildman–Crippen MR) is 99.0 cm³/mol. The fourth-order valence-corrected chi connectivity index (χ4v) is 3.99. The van der Waals surface area contributed by atoms with Gasteiger partial charge in [0.2, 0.25) is 5.91 Å². The van der Waals surface area contributed by atoms with Gasteiger partial charge in [-0.15, -0.1) is 16.4 Å². The molecule has 1 N–H and O–H groups in total. The van der Waals surface area contributed by atoms with Gasteiger partial charge in [0.05, 0.1) is 11.5 Å². The summed E-state index contributed by atoms with van der Waals surface area (Å²) in [5.41, 5.74) is 0.882. The van der Waals surface area contributed by atoms with E-state index >= 15 is 0 Å². The van der Waals surface area contributed by atoms with Crippen LogP contribution in [0.3, 0.4) is 0 Å². The van der Waals surface area contributed by atoms with Crippen molar-refractivity contribution in [2.24, 2.45) is 10.2 Å². The zero-order valence-electron chi connectivity index (χ0n) is 11.7. The number of carbonyl (C=O) groups is 1. The first-order chi connectivity index (χ1) is 11.1. The van der Waals surface area contributed by atoms with E-state index in [0.717, 1.165) is 10.4 Å². The van der Waals surface area contributed by atoms with Gasteiger partial charge in [-0.1, -0.05) is 47.1 Å². The second kappa shape index (κ2) is 7.49. The summed E-state index contributed by atoms with van der Waals surface area (Å²) < 4.78 is 0. The van der Waals surface area contributed by atoms with Gasteiger partial charge in [-0.05, 0) is 35.6 Å². The lowest BCUT2D eigenvalue weighted by atomic mass is 10.1. The van der Waals surface area contributed by atoms with E-state index in [1.807, 2.05) is 23.6 Å². The molecule has 1 aromatic heterocycles. The molecule has 1 aliphatic rings. The topological polar surface area (TPSA) is 53.8 Å². The number of amidine groups is 1. The van der Waals surface area contributed by atoms with Gasteiger partial charge in [0.15, 0.2) is 5.17 Å². The summed E-state index contributed by atoms with van der Waals surface area (Å²) in [6, 6.07) is 9.16. The van der Waals surface area contributed by atoms with Crippen LogP contribution in [-0.4, -0.2) is 22.5 Å². The van der Waals surface area contributed by atoms with E-state index < -0.39 is 0 Å². The highest BCUT2D eigenvalue weighted by Crippen LogP contribution is 2.28. The van der Waals surface area contributed by atoms with Crippen molar-refractivity contribution in [2.45, 2.75) is 11.7 Å². The summed E-state index contributed by atoms with van der Waals surface area (Å²) in [5, 5.41) is 14.1. The van der Waals surface area contributed by atoms with E-state index in [4.69, 9.17) is 23.2 Å². The lowest BCUT2D eigenvalue weighted by Gasteiger charge is -2.07. The maximum absolute atomic E-state index is 12.0. The number of thiophene rings is 1. The average Bonchev–Trinajstić information content (AvgIpc) is 3.13. The molecule has 1 amide bonds. The molecule has 2 aromatic rings. The third kappa shape index (κ3) is 4.35. The molecular weight excluding hydrogens is 373 g/mol. The van der Waals surface area contributed by atoms with E-state index in [0.29, 0.717) is 21.6 Å². The maximum atomic E-state index is 12.0. The number of nitrogens with zero attached hydrogens (tertiary/aromatic N) is 2. The van der Waals surface area contributed by atoms with Gasteiger partial charge in [0.1, 0.15) is 0 Å². The largest absolute Gasteiger partial charge is 0.303 e. The number of amides is 1. The zero-order chi connectivity index (χ0) is 16.2. The summed E-state index contributed by atoms with van der Waals surface area (Å²) in [6.45, 7) is 0. The summed E-state index contributed by atoms with van der Waals surface area (Å²) in [6.07, 6.45) is 2.17.